The van der Waals surface area contributed by atoms with Crippen LogP contribution < -0.4 is 24.4 Å². The Hall–Kier alpha value is -4.09. The number of anilines is 2. The van der Waals surface area contributed by atoms with Crippen LogP contribution in [-0.4, -0.2) is 43.6 Å². The van der Waals surface area contributed by atoms with Crippen molar-refractivity contribution in [3.63, 3.8) is 0 Å². The minimum atomic E-state index is -3.55. The second-order valence-electron chi connectivity index (χ2n) is 9.62. The van der Waals surface area contributed by atoms with Crippen LogP contribution in [0.5, 0.6) is 11.5 Å². The molecule has 1 fully saturated rings. The number of hydrogen-bond acceptors (Lipinski definition) is 6. The average molecular weight is 578 g/mol. The Bertz CT molecular complexity index is 1650. The molecular formula is C29H31N5O4S2. The van der Waals surface area contributed by atoms with E-state index in [-0.39, 0.29) is 12.1 Å². The molecule has 40 heavy (non-hydrogen) atoms. The highest BCUT2D eigenvalue weighted by molar-refractivity contribution is 7.92. The molecule has 0 saturated carbocycles. The summed E-state index contributed by atoms with van der Waals surface area (Å²) < 4.78 is 39.8. The number of ether oxygens (including phenoxy) is 2. The number of rotatable bonds is 8. The molecule has 0 radical (unpaired) electrons. The molecule has 5 rings (SSSR count). The number of thiocarbonyl (C=S) groups is 1. The molecule has 1 aliphatic heterocycles. The summed E-state index contributed by atoms with van der Waals surface area (Å²) in [4.78, 5) is 6.66. The molecule has 2 aromatic heterocycles. The Morgan fingerprint density at radius 1 is 0.975 bits per heavy atom. The van der Waals surface area contributed by atoms with Gasteiger partial charge in [0.15, 0.2) is 5.11 Å². The van der Waals surface area contributed by atoms with Gasteiger partial charge in [0.05, 0.1) is 43.9 Å². The van der Waals surface area contributed by atoms with Gasteiger partial charge in [0.1, 0.15) is 11.5 Å². The van der Waals surface area contributed by atoms with Crippen molar-refractivity contribution in [3.8, 4) is 17.2 Å². The summed E-state index contributed by atoms with van der Waals surface area (Å²) in [6.45, 7) is 4.16. The molecule has 2 N–H and O–H groups in total. The maximum atomic E-state index is 12.1. The number of nitrogens with one attached hydrogen (secondary N) is 2. The van der Waals surface area contributed by atoms with Crippen LogP contribution in [0.3, 0.4) is 0 Å². The molecule has 0 spiro atoms. The van der Waals surface area contributed by atoms with Crippen LogP contribution in [0.4, 0.5) is 11.4 Å². The fraction of sp³-hybridized carbons (Fsp3) is 0.241. The molecule has 3 heterocycles. The summed E-state index contributed by atoms with van der Waals surface area (Å²) in [7, 11) is -0.398. The number of methoxy groups -OCH3 is 2. The van der Waals surface area contributed by atoms with Gasteiger partial charge < -0.3 is 24.3 Å². The van der Waals surface area contributed by atoms with E-state index < -0.39 is 10.0 Å². The third-order valence-electron chi connectivity index (χ3n) is 6.97. The first-order valence-electron chi connectivity index (χ1n) is 12.6. The van der Waals surface area contributed by atoms with Gasteiger partial charge in [-0.25, -0.2) is 8.42 Å². The van der Waals surface area contributed by atoms with Gasteiger partial charge in [-0.2, -0.15) is 0 Å². The minimum Gasteiger partial charge on any atom is -0.497 e. The van der Waals surface area contributed by atoms with Crippen LogP contribution in [0.15, 0.2) is 72.9 Å². The minimum absolute atomic E-state index is 0.257. The van der Waals surface area contributed by atoms with Crippen LogP contribution in [0, 0.1) is 13.8 Å². The van der Waals surface area contributed by atoms with E-state index in [0.717, 1.165) is 40.3 Å². The van der Waals surface area contributed by atoms with Crippen LogP contribution in [0.1, 0.15) is 34.7 Å². The van der Waals surface area contributed by atoms with Crippen LogP contribution in [0.25, 0.3) is 5.69 Å². The van der Waals surface area contributed by atoms with E-state index in [4.69, 9.17) is 21.7 Å². The molecule has 1 saturated heterocycles. The highest BCUT2D eigenvalue weighted by Crippen LogP contribution is 2.45. The van der Waals surface area contributed by atoms with Crippen molar-refractivity contribution in [1.82, 2.24) is 14.9 Å². The molecule has 4 aromatic rings. The predicted octanol–water partition coefficient (Wildman–Crippen LogP) is 5.05. The van der Waals surface area contributed by atoms with E-state index in [1.54, 1.807) is 25.4 Å². The highest BCUT2D eigenvalue weighted by atomic mass is 32.2. The van der Waals surface area contributed by atoms with Gasteiger partial charge in [-0.15, -0.1) is 0 Å². The molecule has 2 aromatic carbocycles. The van der Waals surface area contributed by atoms with Crippen LogP contribution in [0.2, 0.25) is 0 Å². The fourth-order valence-corrected chi connectivity index (χ4v) is 6.19. The lowest BCUT2D eigenvalue weighted by atomic mass is 9.96. The summed E-state index contributed by atoms with van der Waals surface area (Å²) in [5.41, 5.74) is 6.06. The number of aryl methyl sites for hydroxylation is 1. The van der Waals surface area contributed by atoms with E-state index in [1.807, 2.05) is 53.4 Å². The van der Waals surface area contributed by atoms with Crippen molar-refractivity contribution in [2.24, 2.45) is 0 Å². The number of pyridine rings is 1. The lowest BCUT2D eigenvalue weighted by Crippen LogP contribution is -2.29. The van der Waals surface area contributed by atoms with Crippen molar-refractivity contribution < 1.29 is 17.9 Å². The smallest absolute Gasteiger partial charge is 0.229 e. The Labute approximate surface area is 239 Å². The maximum Gasteiger partial charge on any atom is 0.229 e. The standard InChI is InChI=1S/C29H31N5O4S2/c1-18-16-23(19(2)33(18)20-9-12-22(37-3)13-10-20)28-27(24-8-6-7-15-30-24)31-29(39)34(28)21-11-14-26(38-4)25(17-21)32-40(5,35)36/h6-17,27-28,32H,1-5H3,(H,31,39)/t27-,28+/m1/s1. The molecule has 0 aliphatic carbocycles. The lowest BCUT2D eigenvalue weighted by molar-refractivity contribution is 0.414. The van der Waals surface area contributed by atoms with Gasteiger partial charge in [-0.3, -0.25) is 9.71 Å². The van der Waals surface area contributed by atoms with Gasteiger partial charge in [0.2, 0.25) is 10.0 Å². The quantitative estimate of drug-likeness (QED) is 0.281. The second kappa shape index (κ2) is 10.8. The highest BCUT2D eigenvalue weighted by Gasteiger charge is 2.42. The SMILES string of the molecule is COc1ccc(-n2c(C)cc([C@H]3[C@@H](c4ccccn4)NC(=S)N3c3ccc(OC)c(NS(C)(=O)=O)c3)c2C)cc1. The fourth-order valence-electron chi connectivity index (χ4n) is 5.29. The summed E-state index contributed by atoms with van der Waals surface area (Å²) in [6, 6.07) is 20.7. The number of benzene rings is 2. The lowest BCUT2D eigenvalue weighted by Gasteiger charge is -2.29. The monoisotopic (exact) mass is 577 g/mol. The zero-order valence-electron chi connectivity index (χ0n) is 22.9. The van der Waals surface area contributed by atoms with Crippen LogP contribution >= 0.6 is 12.2 Å². The summed E-state index contributed by atoms with van der Waals surface area (Å²) >= 11 is 5.89. The van der Waals surface area contributed by atoms with Gasteiger partial charge in [0, 0.05) is 29.0 Å². The van der Waals surface area contributed by atoms with E-state index >= 15 is 0 Å². The summed E-state index contributed by atoms with van der Waals surface area (Å²) in [5, 5.41) is 3.98. The zero-order valence-corrected chi connectivity index (χ0v) is 24.5. The van der Waals surface area contributed by atoms with Crippen molar-refractivity contribution in [2.75, 3.05) is 30.1 Å². The number of nitrogens with zero attached hydrogens (tertiary/aromatic N) is 3. The Balaban J connectivity index is 1.67. The van der Waals surface area contributed by atoms with Gasteiger partial charge >= 0.3 is 0 Å². The molecule has 9 nitrogen and oxygen atoms in total. The number of sulfonamides is 1. The second-order valence-corrected chi connectivity index (χ2v) is 11.8. The third-order valence-corrected chi connectivity index (χ3v) is 7.88. The molecule has 208 valence electrons. The normalized spacial score (nSPS) is 17.0. The molecular weight excluding hydrogens is 546 g/mol. The largest absolute Gasteiger partial charge is 0.497 e. The predicted molar refractivity (Wildman–Crippen MR) is 161 cm³/mol. The molecule has 0 amide bonds. The van der Waals surface area contributed by atoms with E-state index in [1.165, 1.54) is 7.11 Å². The number of hydrogen-bond donors (Lipinski definition) is 2. The first kappa shape index (κ1) is 27.5. The van der Waals surface area contributed by atoms with Crippen molar-refractivity contribution in [1.29, 1.82) is 0 Å². The van der Waals surface area contributed by atoms with Gasteiger partial charge in [0.25, 0.3) is 0 Å². The number of aromatic nitrogens is 2. The molecule has 0 unspecified atom stereocenters. The van der Waals surface area contributed by atoms with Crippen molar-refractivity contribution in [3.05, 3.63) is 95.6 Å². The maximum absolute atomic E-state index is 12.1. The van der Waals surface area contributed by atoms with E-state index in [0.29, 0.717) is 22.2 Å². The summed E-state index contributed by atoms with van der Waals surface area (Å²) in [6.07, 6.45) is 2.87. The van der Waals surface area contributed by atoms with E-state index in [9.17, 15) is 8.42 Å². The third kappa shape index (κ3) is 5.22. The first-order chi connectivity index (χ1) is 19.1. The zero-order chi connectivity index (χ0) is 28.6. The topological polar surface area (TPSA) is 97.7 Å². The molecule has 1 aliphatic rings. The average Bonchev–Trinajstić information content (AvgIpc) is 3.43. The molecule has 2 atom stereocenters. The Morgan fingerprint density at radius 2 is 1.70 bits per heavy atom. The van der Waals surface area contributed by atoms with Gasteiger partial charge in [-0.05, 0) is 92.3 Å². The van der Waals surface area contributed by atoms with Crippen molar-refractivity contribution >= 4 is 38.7 Å². The molecule has 11 heteroatoms. The molecule has 0 bridgehead atoms. The Kier molecular flexibility index (Phi) is 7.43. The first-order valence-corrected chi connectivity index (χ1v) is 14.9. The van der Waals surface area contributed by atoms with Crippen molar-refractivity contribution in [2.45, 2.75) is 25.9 Å². The Morgan fingerprint density at radius 3 is 2.33 bits per heavy atom. The van der Waals surface area contributed by atoms with Gasteiger partial charge in [-0.1, -0.05) is 6.07 Å². The van der Waals surface area contributed by atoms with E-state index in [2.05, 4.69) is 39.5 Å². The summed E-state index contributed by atoms with van der Waals surface area (Å²) in [5.74, 6) is 1.19. The van der Waals surface area contributed by atoms with Crippen LogP contribution in [-0.2, 0) is 10.0 Å².